The van der Waals surface area contributed by atoms with E-state index in [-0.39, 0.29) is 12.2 Å². The molecule has 0 radical (unpaired) electrons. The van der Waals surface area contributed by atoms with Crippen LogP contribution in [-0.2, 0) is 9.53 Å². The minimum atomic E-state index is -0.221. The summed E-state index contributed by atoms with van der Waals surface area (Å²) in [4.78, 5) is 17.7. The number of nitrogens with zero attached hydrogens (tertiary/aromatic N) is 2. The van der Waals surface area contributed by atoms with E-state index in [0.717, 1.165) is 55.5 Å². The van der Waals surface area contributed by atoms with Crippen molar-refractivity contribution in [3.63, 3.8) is 0 Å². The summed E-state index contributed by atoms with van der Waals surface area (Å²) in [6.07, 6.45) is 5.70. The molecule has 0 saturated carbocycles. The second kappa shape index (κ2) is 8.77. The van der Waals surface area contributed by atoms with Crippen LogP contribution >= 0.6 is 0 Å². The highest BCUT2D eigenvalue weighted by molar-refractivity contribution is 5.87. The van der Waals surface area contributed by atoms with Crippen LogP contribution in [0.2, 0.25) is 0 Å². The van der Waals surface area contributed by atoms with Gasteiger partial charge in [0.05, 0.1) is 6.61 Å². The molecule has 5 nitrogen and oxygen atoms in total. The molecule has 2 atom stereocenters. The highest BCUT2D eigenvalue weighted by atomic mass is 16.5. The maximum Gasteiger partial charge on any atom is 0.148 e. The van der Waals surface area contributed by atoms with E-state index in [1.54, 1.807) is 0 Å². The summed E-state index contributed by atoms with van der Waals surface area (Å²) in [5.41, 5.74) is 3.42. The van der Waals surface area contributed by atoms with E-state index in [1.807, 2.05) is 13.1 Å². The number of piperidine rings is 1. The number of benzene rings is 2. The van der Waals surface area contributed by atoms with Crippen LogP contribution in [0.15, 0.2) is 54.7 Å². The summed E-state index contributed by atoms with van der Waals surface area (Å²) in [6, 6.07) is 17.4. The number of hydrogen-bond donors (Lipinski definition) is 0. The van der Waals surface area contributed by atoms with Gasteiger partial charge in [0.1, 0.15) is 24.2 Å². The molecule has 3 heterocycles. The first kappa shape index (κ1) is 20.2. The van der Waals surface area contributed by atoms with Crippen LogP contribution in [0, 0.1) is 6.92 Å². The van der Waals surface area contributed by atoms with Gasteiger partial charge >= 0.3 is 0 Å². The predicted octanol–water partition coefficient (Wildman–Crippen LogP) is 4.41. The molecule has 2 aliphatic heterocycles. The number of fused-ring (bicyclic) bond motifs is 1. The van der Waals surface area contributed by atoms with Crippen molar-refractivity contribution in [1.82, 2.24) is 9.88 Å². The third kappa shape index (κ3) is 4.48. The largest absolute Gasteiger partial charge is 0.490 e. The number of aromatic nitrogens is 1. The number of likely N-dealkylation sites (tertiary alicyclic amines) is 1. The summed E-state index contributed by atoms with van der Waals surface area (Å²) in [6.45, 7) is 4.68. The Kier molecular flexibility index (Phi) is 5.70. The van der Waals surface area contributed by atoms with Crippen molar-refractivity contribution < 1.29 is 14.3 Å². The van der Waals surface area contributed by atoms with E-state index < -0.39 is 0 Å². The number of rotatable bonds is 5. The van der Waals surface area contributed by atoms with Gasteiger partial charge in [-0.2, -0.15) is 0 Å². The van der Waals surface area contributed by atoms with Crippen molar-refractivity contribution in [2.24, 2.45) is 0 Å². The van der Waals surface area contributed by atoms with E-state index in [4.69, 9.17) is 9.47 Å². The Bertz CT molecular complexity index is 1060. The first-order valence-electron chi connectivity index (χ1n) is 11.1. The average Bonchev–Trinajstić information content (AvgIpc) is 3.29. The number of carbonyl (C=O) groups excluding carboxylic acids is 1. The van der Waals surface area contributed by atoms with Gasteiger partial charge in [0.2, 0.25) is 0 Å². The van der Waals surface area contributed by atoms with Gasteiger partial charge in [-0.15, -0.1) is 0 Å². The second-order valence-corrected chi connectivity index (χ2v) is 8.66. The van der Waals surface area contributed by atoms with Crippen molar-refractivity contribution in [2.75, 3.05) is 19.7 Å². The lowest BCUT2D eigenvalue weighted by Crippen LogP contribution is -2.44. The molecule has 160 valence electrons. The Morgan fingerprint density at radius 2 is 1.81 bits per heavy atom. The van der Waals surface area contributed by atoms with Crippen molar-refractivity contribution in [3.05, 3.63) is 60.4 Å². The molecular formula is C26H28N2O3. The Morgan fingerprint density at radius 3 is 2.55 bits per heavy atom. The fourth-order valence-electron chi connectivity index (χ4n) is 4.70. The van der Waals surface area contributed by atoms with Crippen LogP contribution in [-0.4, -0.2) is 54.1 Å². The lowest BCUT2D eigenvalue weighted by molar-refractivity contribution is -0.115. The monoisotopic (exact) mass is 416 g/mol. The van der Waals surface area contributed by atoms with Crippen LogP contribution in [0.1, 0.15) is 25.0 Å². The topological polar surface area (TPSA) is 51.7 Å². The molecule has 5 heteroatoms. The Labute approximate surface area is 183 Å². The molecule has 2 aliphatic rings. The molecule has 5 rings (SSSR count). The van der Waals surface area contributed by atoms with Gasteiger partial charge < -0.3 is 14.3 Å². The van der Waals surface area contributed by atoms with Crippen molar-refractivity contribution in [3.8, 4) is 16.9 Å². The number of hydrogen-bond acceptors (Lipinski definition) is 5. The van der Waals surface area contributed by atoms with E-state index in [2.05, 4.69) is 58.4 Å². The van der Waals surface area contributed by atoms with Gasteiger partial charge in [0.25, 0.3) is 0 Å². The molecule has 0 N–H and O–H groups in total. The Balaban J connectivity index is 1.19. The number of pyridine rings is 1. The molecule has 0 spiro atoms. The van der Waals surface area contributed by atoms with Crippen molar-refractivity contribution in [2.45, 2.75) is 44.4 Å². The summed E-state index contributed by atoms with van der Waals surface area (Å²) < 4.78 is 11.8. The Morgan fingerprint density at radius 1 is 1.03 bits per heavy atom. The van der Waals surface area contributed by atoms with E-state index >= 15 is 0 Å². The Hall–Kier alpha value is -2.76. The normalized spacial score (nSPS) is 22.6. The van der Waals surface area contributed by atoms with E-state index in [0.29, 0.717) is 12.6 Å². The highest BCUT2D eigenvalue weighted by Gasteiger charge is 2.32. The minimum Gasteiger partial charge on any atom is -0.490 e. The number of aryl methyl sites for hydroxylation is 1. The molecule has 2 fully saturated rings. The van der Waals surface area contributed by atoms with Gasteiger partial charge in [-0.05, 0) is 67.0 Å². The van der Waals surface area contributed by atoms with Gasteiger partial charge in [-0.3, -0.25) is 9.88 Å². The molecule has 1 unspecified atom stereocenters. The maximum atomic E-state index is 10.9. The zero-order valence-corrected chi connectivity index (χ0v) is 17.9. The van der Waals surface area contributed by atoms with Crippen LogP contribution in [0.4, 0.5) is 0 Å². The van der Waals surface area contributed by atoms with Gasteiger partial charge in [-0.1, -0.05) is 24.3 Å². The second-order valence-electron chi connectivity index (χ2n) is 8.66. The molecule has 3 aromatic rings. The molecule has 0 bridgehead atoms. The third-order valence-electron chi connectivity index (χ3n) is 6.50. The van der Waals surface area contributed by atoms with E-state index in [1.165, 1.54) is 16.5 Å². The first-order chi connectivity index (χ1) is 15.2. The van der Waals surface area contributed by atoms with Crippen LogP contribution in [0.5, 0.6) is 5.75 Å². The van der Waals surface area contributed by atoms with Gasteiger partial charge in [0.15, 0.2) is 0 Å². The van der Waals surface area contributed by atoms with E-state index in [9.17, 15) is 4.79 Å². The van der Waals surface area contributed by atoms with Gasteiger partial charge in [0, 0.05) is 36.4 Å². The third-order valence-corrected chi connectivity index (χ3v) is 6.50. The summed E-state index contributed by atoms with van der Waals surface area (Å²) in [5.74, 6) is 0.924. The average molecular weight is 417 g/mol. The molecular weight excluding hydrogens is 388 g/mol. The van der Waals surface area contributed by atoms with Crippen molar-refractivity contribution in [1.29, 1.82) is 0 Å². The zero-order valence-electron chi connectivity index (χ0n) is 17.9. The molecule has 0 aliphatic carbocycles. The molecule has 0 amide bonds. The van der Waals surface area contributed by atoms with Crippen molar-refractivity contribution >= 4 is 17.1 Å². The first-order valence-corrected chi connectivity index (χ1v) is 11.1. The SMILES string of the molecule is Cc1cc2cc(-c3ccc(OC4CCN(C5CO[C@@H](C=O)C5)CC4)cc3)ccc2cn1. The summed E-state index contributed by atoms with van der Waals surface area (Å²) >= 11 is 0. The van der Waals surface area contributed by atoms with Crippen LogP contribution in [0.3, 0.4) is 0 Å². The number of ether oxygens (including phenoxy) is 2. The zero-order chi connectivity index (χ0) is 21.2. The number of carbonyl (C=O) groups is 1. The fourth-order valence-corrected chi connectivity index (χ4v) is 4.70. The molecule has 2 aromatic carbocycles. The molecule has 1 aromatic heterocycles. The van der Waals surface area contributed by atoms with Crippen LogP contribution in [0.25, 0.3) is 21.9 Å². The smallest absolute Gasteiger partial charge is 0.148 e. The summed E-state index contributed by atoms with van der Waals surface area (Å²) in [5, 5.41) is 2.37. The summed E-state index contributed by atoms with van der Waals surface area (Å²) in [7, 11) is 0. The lowest BCUT2D eigenvalue weighted by atomic mass is 10.0. The highest BCUT2D eigenvalue weighted by Crippen LogP contribution is 2.28. The lowest BCUT2D eigenvalue weighted by Gasteiger charge is -2.35. The molecule has 31 heavy (non-hydrogen) atoms. The minimum absolute atomic E-state index is 0.221. The standard InChI is InChI=1S/C26H28N2O3/c1-18-12-22-13-20(2-3-21(22)15-27-18)19-4-6-24(7-5-19)31-25-8-10-28(11-9-25)23-14-26(16-29)30-17-23/h2-7,12-13,15-16,23,25-26H,8-11,14,17H2,1H3/t23?,26-/m1/s1. The van der Waals surface area contributed by atoms with Gasteiger partial charge in [-0.25, -0.2) is 0 Å². The maximum absolute atomic E-state index is 10.9. The predicted molar refractivity (Wildman–Crippen MR) is 121 cm³/mol. The number of aldehydes is 1. The quantitative estimate of drug-likeness (QED) is 0.577. The molecule has 2 saturated heterocycles. The fraction of sp³-hybridized carbons (Fsp3) is 0.385. The van der Waals surface area contributed by atoms with Crippen LogP contribution < -0.4 is 4.74 Å².